The molecule has 7 aromatic carbocycles. The van der Waals surface area contributed by atoms with Crippen molar-refractivity contribution in [3.05, 3.63) is 121 Å². The van der Waals surface area contributed by atoms with Gasteiger partial charge in [-0.15, -0.1) is 0 Å². The molecule has 0 saturated heterocycles. The number of benzene rings is 7. The van der Waals surface area contributed by atoms with E-state index < -0.39 is 0 Å². The molecule has 0 spiro atoms. The molecule has 0 N–H and O–H groups in total. The monoisotopic (exact) mass is 527 g/mol. The van der Waals surface area contributed by atoms with Crippen molar-refractivity contribution in [3.63, 3.8) is 0 Å². The van der Waals surface area contributed by atoms with Gasteiger partial charge < -0.3 is 4.57 Å². The van der Waals surface area contributed by atoms with E-state index in [1.165, 1.54) is 102 Å². The lowest BCUT2D eigenvalue weighted by Gasteiger charge is -2.16. The molecule has 1 nitrogen and oxygen atoms in total. The van der Waals surface area contributed by atoms with E-state index >= 15 is 0 Å². The Labute approximate surface area is 241 Å². The van der Waals surface area contributed by atoms with Crippen LogP contribution >= 0.6 is 0 Å². The fourth-order valence-electron chi connectivity index (χ4n) is 7.10. The summed E-state index contributed by atoms with van der Waals surface area (Å²) in [6.07, 6.45) is 5.02. The first-order valence-corrected chi connectivity index (χ1v) is 15.1. The summed E-state index contributed by atoms with van der Waals surface area (Å²) in [7, 11) is 0. The Bertz CT molecular complexity index is 2170. The molecular weight excluding hydrogens is 494 g/mol. The van der Waals surface area contributed by atoms with Crippen LogP contribution in [0.15, 0.2) is 121 Å². The van der Waals surface area contributed by atoms with Gasteiger partial charge in [0, 0.05) is 28.4 Å². The maximum Gasteiger partial charge on any atom is 0.0571 e. The molecule has 0 aliphatic heterocycles. The van der Waals surface area contributed by atoms with Gasteiger partial charge in [0.2, 0.25) is 0 Å². The molecule has 0 bridgehead atoms. The minimum atomic E-state index is 1.04. The zero-order valence-corrected chi connectivity index (χ0v) is 23.5. The van der Waals surface area contributed by atoms with Crippen LogP contribution < -0.4 is 0 Å². The summed E-state index contributed by atoms with van der Waals surface area (Å²) < 4.78 is 2.59. The van der Waals surface area contributed by atoms with E-state index in [1.54, 1.807) is 0 Å². The third kappa shape index (κ3) is 3.84. The summed E-state index contributed by atoms with van der Waals surface area (Å²) in [6, 6.07) is 45.3. The molecule has 0 aliphatic rings. The molecule has 0 amide bonds. The predicted molar refractivity (Wildman–Crippen MR) is 178 cm³/mol. The summed E-state index contributed by atoms with van der Waals surface area (Å²) >= 11 is 0. The number of unbranched alkanes of at least 4 members (excludes halogenated alkanes) is 3. The van der Waals surface area contributed by atoms with Crippen molar-refractivity contribution < 1.29 is 0 Å². The first-order chi connectivity index (χ1) is 20.3. The highest BCUT2D eigenvalue weighted by Gasteiger charge is 2.19. The summed E-state index contributed by atoms with van der Waals surface area (Å²) in [6.45, 7) is 3.33. The van der Waals surface area contributed by atoms with Crippen LogP contribution in [0.4, 0.5) is 0 Å². The van der Waals surface area contributed by atoms with Crippen LogP contribution in [0.2, 0.25) is 0 Å². The zero-order valence-electron chi connectivity index (χ0n) is 23.5. The van der Waals surface area contributed by atoms with E-state index in [4.69, 9.17) is 0 Å². The van der Waals surface area contributed by atoms with Crippen LogP contribution in [0.5, 0.6) is 0 Å². The Kier molecular flexibility index (Phi) is 5.77. The molecule has 1 heteroatoms. The van der Waals surface area contributed by atoms with E-state index in [0.29, 0.717) is 0 Å². The second-order valence-corrected chi connectivity index (χ2v) is 11.5. The van der Waals surface area contributed by atoms with Crippen molar-refractivity contribution in [1.29, 1.82) is 0 Å². The fraction of sp³-hybridized carbons (Fsp3) is 0.150. The topological polar surface area (TPSA) is 4.93 Å². The molecule has 198 valence electrons. The molecule has 0 saturated carbocycles. The third-order valence-corrected chi connectivity index (χ3v) is 9.02. The van der Waals surface area contributed by atoms with E-state index in [-0.39, 0.29) is 0 Å². The number of fused-ring (bicyclic) bond motifs is 3. The van der Waals surface area contributed by atoms with Gasteiger partial charge in [0.1, 0.15) is 0 Å². The fourth-order valence-corrected chi connectivity index (χ4v) is 7.10. The van der Waals surface area contributed by atoms with Gasteiger partial charge in [-0.1, -0.05) is 129 Å². The Morgan fingerprint density at radius 3 is 2.05 bits per heavy atom. The lowest BCUT2D eigenvalue weighted by atomic mass is 9.88. The molecule has 0 fully saturated rings. The van der Waals surface area contributed by atoms with Crippen molar-refractivity contribution in [2.24, 2.45) is 0 Å². The van der Waals surface area contributed by atoms with Gasteiger partial charge in [0.05, 0.1) is 5.52 Å². The SMILES string of the molecule is CCCCCCn1c2ccccc2c2cc(-c3ccc4ccc5cccc6ccc3c4c56)cc(-c3ccccc3)c21. The van der Waals surface area contributed by atoms with Crippen molar-refractivity contribution >= 4 is 54.1 Å². The average Bonchev–Trinajstić information content (AvgIpc) is 3.35. The molecule has 0 unspecified atom stereocenters. The van der Waals surface area contributed by atoms with Crippen molar-refractivity contribution in [2.45, 2.75) is 39.2 Å². The number of hydrogen-bond donors (Lipinski definition) is 0. The van der Waals surface area contributed by atoms with E-state index in [9.17, 15) is 0 Å². The van der Waals surface area contributed by atoms with Crippen LogP contribution in [-0.2, 0) is 6.54 Å². The zero-order chi connectivity index (χ0) is 27.3. The minimum Gasteiger partial charge on any atom is -0.340 e. The highest BCUT2D eigenvalue weighted by Crippen LogP contribution is 2.43. The Morgan fingerprint density at radius 2 is 1.22 bits per heavy atom. The molecular formula is C40H33N. The van der Waals surface area contributed by atoms with Crippen molar-refractivity contribution in [2.75, 3.05) is 0 Å². The Balaban J connectivity index is 1.44. The largest absolute Gasteiger partial charge is 0.340 e. The number of rotatable bonds is 7. The molecule has 0 radical (unpaired) electrons. The summed E-state index contributed by atoms with van der Waals surface area (Å²) in [5.74, 6) is 0. The van der Waals surface area contributed by atoms with Gasteiger partial charge in [0.15, 0.2) is 0 Å². The molecule has 41 heavy (non-hydrogen) atoms. The minimum absolute atomic E-state index is 1.04. The quantitative estimate of drug-likeness (QED) is 0.143. The first-order valence-electron chi connectivity index (χ1n) is 15.1. The number of nitrogens with zero attached hydrogens (tertiary/aromatic N) is 1. The van der Waals surface area contributed by atoms with E-state index in [1.807, 2.05) is 0 Å². The second kappa shape index (κ2) is 9.78. The Hall–Kier alpha value is -4.62. The molecule has 1 aromatic heterocycles. The molecule has 8 aromatic rings. The molecule has 8 rings (SSSR count). The van der Waals surface area contributed by atoms with Crippen LogP contribution in [-0.4, -0.2) is 4.57 Å². The van der Waals surface area contributed by atoms with Crippen LogP contribution in [0.25, 0.3) is 76.4 Å². The van der Waals surface area contributed by atoms with Crippen molar-refractivity contribution in [3.8, 4) is 22.3 Å². The van der Waals surface area contributed by atoms with Crippen LogP contribution in [0.1, 0.15) is 32.6 Å². The van der Waals surface area contributed by atoms with Crippen LogP contribution in [0.3, 0.4) is 0 Å². The van der Waals surface area contributed by atoms with Gasteiger partial charge in [-0.25, -0.2) is 0 Å². The number of hydrogen-bond acceptors (Lipinski definition) is 0. The maximum absolute atomic E-state index is 2.59. The van der Waals surface area contributed by atoms with Crippen LogP contribution in [0, 0.1) is 0 Å². The highest BCUT2D eigenvalue weighted by atomic mass is 15.0. The number of para-hydroxylation sites is 1. The van der Waals surface area contributed by atoms with E-state index in [2.05, 4.69) is 133 Å². The lowest BCUT2D eigenvalue weighted by molar-refractivity contribution is 0.602. The van der Waals surface area contributed by atoms with Gasteiger partial charge >= 0.3 is 0 Å². The van der Waals surface area contributed by atoms with Gasteiger partial charge in [-0.2, -0.15) is 0 Å². The summed E-state index contributed by atoms with van der Waals surface area (Å²) in [5, 5.41) is 10.7. The number of aryl methyl sites for hydroxylation is 1. The first kappa shape index (κ1) is 24.2. The third-order valence-electron chi connectivity index (χ3n) is 9.02. The van der Waals surface area contributed by atoms with Gasteiger partial charge in [-0.3, -0.25) is 0 Å². The summed E-state index contributed by atoms with van der Waals surface area (Å²) in [4.78, 5) is 0. The molecule has 1 heterocycles. The lowest BCUT2D eigenvalue weighted by Crippen LogP contribution is -1.99. The Morgan fingerprint density at radius 1 is 0.488 bits per heavy atom. The molecule has 0 atom stereocenters. The van der Waals surface area contributed by atoms with E-state index in [0.717, 1.165) is 6.54 Å². The maximum atomic E-state index is 2.59. The average molecular weight is 528 g/mol. The second-order valence-electron chi connectivity index (χ2n) is 11.5. The normalized spacial score (nSPS) is 12.0. The highest BCUT2D eigenvalue weighted by molar-refractivity contribution is 6.26. The standard InChI is InChI=1S/C40H33N/c1-2-3-4-10-24-41-37-17-9-8-16-33(37)36-26-31(25-35(40(36)41)27-12-6-5-7-13-27)32-22-20-30-19-18-28-14-11-15-29-21-23-34(32)39(30)38(28)29/h5-9,11-23,25-26H,2-4,10,24H2,1H3. The summed E-state index contributed by atoms with van der Waals surface area (Å²) in [5.41, 5.74) is 7.86. The molecule has 0 aliphatic carbocycles. The predicted octanol–water partition coefficient (Wildman–Crippen LogP) is 11.6. The van der Waals surface area contributed by atoms with Crippen molar-refractivity contribution in [1.82, 2.24) is 4.57 Å². The smallest absolute Gasteiger partial charge is 0.0571 e. The van der Waals surface area contributed by atoms with Gasteiger partial charge in [0.25, 0.3) is 0 Å². The van der Waals surface area contributed by atoms with Gasteiger partial charge in [-0.05, 0) is 73.6 Å². The number of aromatic nitrogens is 1.